The first-order chi connectivity index (χ1) is 12.7. The summed E-state index contributed by atoms with van der Waals surface area (Å²) in [6.07, 6.45) is 5.10. The van der Waals surface area contributed by atoms with E-state index in [1.165, 1.54) is 7.11 Å². The van der Waals surface area contributed by atoms with Crippen molar-refractivity contribution in [3.05, 3.63) is 48.3 Å². The van der Waals surface area contributed by atoms with Crippen LogP contribution in [0.3, 0.4) is 0 Å². The van der Waals surface area contributed by atoms with Crippen molar-refractivity contribution in [2.75, 3.05) is 7.11 Å². The molecule has 0 radical (unpaired) electrons. The zero-order valence-electron chi connectivity index (χ0n) is 14.7. The number of hydrogen-bond acceptors (Lipinski definition) is 6. The number of nitrogens with one attached hydrogen (secondary N) is 1. The van der Waals surface area contributed by atoms with Crippen LogP contribution in [-0.2, 0) is 4.79 Å². The van der Waals surface area contributed by atoms with Gasteiger partial charge in [0.25, 0.3) is 17.7 Å². The molecule has 1 aliphatic carbocycles. The third kappa shape index (κ3) is 4.49. The Hall–Kier alpha value is -2.67. The van der Waals surface area contributed by atoms with Gasteiger partial charge in [0.1, 0.15) is 6.10 Å². The van der Waals surface area contributed by atoms with Crippen LogP contribution in [0.1, 0.15) is 37.4 Å². The quantitative estimate of drug-likeness (QED) is 0.822. The number of carbonyl (C=O) groups excluding carboxylic acids is 1. The smallest absolute Gasteiger partial charge is 0.278 e. The summed E-state index contributed by atoms with van der Waals surface area (Å²) in [5.41, 5.74) is 0.594. The molecule has 1 unspecified atom stereocenters. The Morgan fingerprint density at radius 1 is 1.12 bits per heavy atom. The Bertz CT molecular complexity index is 718. The number of carbonyl (C=O) groups is 1. The maximum absolute atomic E-state index is 12.2. The van der Waals surface area contributed by atoms with E-state index in [-0.39, 0.29) is 18.1 Å². The zero-order valence-corrected chi connectivity index (χ0v) is 14.7. The van der Waals surface area contributed by atoms with Crippen LogP contribution in [0.4, 0.5) is 0 Å². The van der Waals surface area contributed by atoms with E-state index in [0.717, 1.165) is 25.7 Å². The molecule has 26 heavy (non-hydrogen) atoms. The van der Waals surface area contributed by atoms with E-state index >= 15 is 0 Å². The van der Waals surface area contributed by atoms with Gasteiger partial charge in [-0.15, -0.1) is 0 Å². The SMILES string of the molecule is COc1nccnc1OC1CCC(NC(=O)C(O)c2ccccc2)CC1. The summed E-state index contributed by atoms with van der Waals surface area (Å²) in [5.74, 6) is 0.395. The van der Waals surface area contributed by atoms with Gasteiger partial charge in [0.05, 0.1) is 7.11 Å². The summed E-state index contributed by atoms with van der Waals surface area (Å²) in [6.45, 7) is 0. The van der Waals surface area contributed by atoms with Crippen molar-refractivity contribution in [2.24, 2.45) is 0 Å². The van der Waals surface area contributed by atoms with Gasteiger partial charge in [-0.1, -0.05) is 30.3 Å². The fourth-order valence-electron chi connectivity index (χ4n) is 3.08. The van der Waals surface area contributed by atoms with Crippen LogP contribution in [-0.4, -0.2) is 40.2 Å². The molecule has 1 fully saturated rings. The van der Waals surface area contributed by atoms with Gasteiger partial charge in [-0.3, -0.25) is 4.79 Å². The van der Waals surface area contributed by atoms with E-state index < -0.39 is 6.10 Å². The standard InChI is InChI=1S/C19H23N3O4/c1-25-18-19(21-12-11-20-18)26-15-9-7-14(8-10-15)22-17(24)16(23)13-5-3-2-4-6-13/h2-6,11-12,14-16,23H,7-10H2,1H3,(H,22,24). The Balaban J connectivity index is 1.48. The van der Waals surface area contributed by atoms with Crippen molar-refractivity contribution < 1.29 is 19.4 Å². The fraction of sp³-hybridized carbons (Fsp3) is 0.421. The van der Waals surface area contributed by atoms with Crippen molar-refractivity contribution in [3.8, 4) is 11.8 Å². The van der Waals surface area contributed by atoms with E-state index in [4.69, 9.17) is 9.47 Å². The topological polar surface area (TPSA) is 93.6 Å². The number of methoxy groups -OCH3 is 1. The van der Waals surface area contributed by atoms with E-state index in [1.54, 1.807) is 36.7 Å². The van der Waals surface area contributed by atoms with Gasteiger partial charge < -0.3 is 19.9 Å². The number of ether oxygens (including phenoxy) is 2. The molecule has 1 heterocycles. The van der Waals surface area contributed by atoms with Crippen molar-refractivity contribution in [1.82, 2.24) is 15.3 Å². The van der Waals surface area contributed by atoms with Crippen LogP contribution in [0.25, 0.3) is 0 Å². The molecule has 7 heteroatoms. The minimum atomic E-state index is -1.14. The Morgan fingerprint density at radius 3 is 2.42 bits per heavy atom. The van der Waals surface area contributed by atoms with Crippen molar-refractivity contribution >= 4 is 5.91 Å². The number of benzene rings is 1. The van der Waals surface area contributed by atoms with E-state index in [0.29, 0.717) is 17.3 Å². The lowest BCUT2D eigenvalue weighted by Crippen LogP contribution is -2.41. The highest BCUT2D eigenvalue weighted by atomic mass is 16.5. The number of nitrogens with zero attached hydrogens (tertiary/aromatic N) is 2. The van der Waals surface area contributed by atoms with E-state index in [9.17, 15) is 9.90 Å². The van der Waals surface area contributed by atoms with Crippen LogP contribution < -0.4 is 14.8 Å². The first-order valence-electron chi connectivity index (χ1n) is 8.72. The third-order valence-electron chi connectivity index (χ3n) is 4.49. The molecule has 7 nitrogen and oxygen atoms in total. The van der Waals surface area contributed by atoms with Crippen LogP contribution >= 0.6 is 0 Å². The average Bonchev–Trinajstić information content (AvgIpc) is 2.70. The maximum Gasteiger partial charge on any atom is 0.278 e. The summed E-state index contributed by atoms with van der Waals surface area (Å²) in [7, 11) is 1.53. The monoisotopic (exact) mass is 357 g/mol. The molecule has 3 rings (SSSR count). The Labute approximate surface area is 152 Å². The number of hydrogen-bond donors (Lipinski definition) is 2. The highest BCUT2D eigenvalue weighted by Crippen LogP contribution is 2.27. The molecule has 2 aromatic rings. The first-order valence-corrected chi connectivity index (χ1v) is 8.72. The van der Waals surface area contributed by atoms with Gasteiger partial charge >= 0.3 is 0 Å². The lowest BCUT2D eigenvalue weighted by atomic mass is 9.92. The zero-order chi connectivity index (χ0) is 18.4. The van der Waals surface area contributed by atoms with E-state index in [2.05, 4.69) is 15.3 Å². The first kappa shape index (κ1) is 18.1. The summed E-state index contributed by atoms with van der Waals surface area (Å²) < 4.78 is 11.0. The molecule has 2 N–H and O–H groups in total. The number of rotatable bonds is 6. The fourth-order valence-corrected chi connectivity index (χ4v) is 3.08. The molecule has 0 bridgehead atoms. The van der Waals surface area contributed by atoms with Crippen LogP contribution in [0.2, 0.25) is 0 Å². The van der Waals surface area contributed by atoms with Crippen molar-refractivity contribution in [2.45, 2.75) is 43.9 Å². The predicted octanol–water partition coefficient (Wildman–Crippen LogP) is 2.02. The van der Waals surface area contributed by atoms with Crippen molar-refractivity contribution in [1.29, 1.82) is 0 Å². The molecule has 1 aromatic heterocycles. The van der Waals surface area contributed by atoms with Gasteiger partial charge in [-0.2, -0.15) is 0 Å². The third-order valence-corrected chi connectivity index (χ3v) is 4.49. The molecule has 0 saturated heterocycles. The highest BCUT2D eigenvalue weighted by Gasteiger charge is 2.27. The minimum absolute atomic E-state index is 0.00722. The molecular weight excluding hydrogens is 334 g/mol. The number of amides is 1. The molecule has 1 atom stereocenters. The number of aromatic nitrogens is 2. The lowest BCUT2D eigenvalue weighted by Gasteiger charge is -2.29. The van der Waals surface area contributed by atoms with Gasteiger partial charge in [-0.25, -0.2) is 9.97 Å². The van der Waals surface area contributed by atoms with Crippen molar-refractivity contribution in [3.63, 3.8) is 0 Å². The Morgan fingerprint density at radius 2 is 1.77 bits per heavy atom. The number of aliphatic hydroxyl groups excluding tert-OH is 1. The minimum Gasteiger partial charge on any atom is -0.477 e. The second-order valence-corrected chi connectivity index (χ2v) is 6.28. The van der Waals surface area contributed by atoms with Crippen LogP contribution in [0.5, 0.6) is 11.8 Å². The summed E-state index contributed by atoms with van der Waals surface area (Å²) in [4.78, 5) is 20.5. The summed E-state index contributed by atoms with van der Waals surface area (Å²) in [6, 6.07) is 8.96. The summed E-state index contributed by atoms with van der Waals surface area (Å²) in [5, 5.41) is 13.1. The highest BCUT2D eigenvalue weighted by molar-refractivity contribution is 5.82. The maximum atomic E-state index is 12.2. The predicted molar refractivity (Wildman–Crippen MR) is 94.8 cm³/mol. The van der Waals surface area contributed by atoms with Gasteiger partial charge in [0, 0.05) is 18.4 Å². The Kier molecular flexibility index (Phi) is 6.01. The number of aliphatic hydroxyl groups is 1. The lowest BCUT2D eigenvalue weighted by molar-refractivity contribution is -0.130. The molecule has 1 aromatic carbocycles. The molecular formula is C19H23N3O4. The molecule has 1 aliphatic rings. The summed E-state index contributed by atoms with van der Waals surface area (Å²) >= 11 is 0. The van der Waals surface area contributed by atoms with Crippen LogP contribution in [0, 0.1) is 0 Å². The van der Waals surface area contributed by atoms with E-state index in [1.807, 2.05) is 6.07 Å². The molecule has 0 aliphatic heterocycles. The van der Waals surface area contributed by atoms with Gasteiger partial charge in [0.2, 0.25) is 0 Å². The largest absolute Gasteiger partial charge is 0.477 e. The van der Waals surface area contributed by atoms with Gasteiger partial charge in [0.15, 0.2) is 6.10 Å². The molecule has 138 valence electrons. The molecule has 1 amide bonds. The second kappa shape index (κ2) is 8.62. The normalized spacial score (nSPS) is 20.8. The van der Waals surface area contributed by atoms with Gasteiger partial charge in [-0.05, 0) is 31.2 Å². The van der Waals surface area contributed by atoms with Crippen LogP contribution in [0.15, 0.2) is 42.7 Å². The second-order valence-electron chi connectivity index (χ2n) is 6.28. The molecule has 1 saturated carbocycles. The average molecular weight is 357 g/mol. The molecule has 0 spiro atoms.